The number of thiazole rings is 1. The smallest absolute Gasteiger partial charge is 0.336 e. The van der Waals surface area contributed by atoms with E-state index in [4.69, 9.17) is 0 Å². The van der Waals surface area contributed by atoms with Crippen LogP contribution in [0.3, 0.4) is 0 Å². The molecule has 0 aliphatic carbocycles. The molecule has 4 aromatic rings. The Morgan fingerprint density at radius 2 is 1.85 bits per heavy atom. The van der Waals surface area contributed by atoms with Crippen molar-refractivity contribution in [2.75, 3.05) is 0 Å². The number of aryl methyl sites for hydroxylation is 1. The van der Waals surface area contributed by atoms with Crippen molar-refractivity contribution < 1.29 is 9.90 Å². The lowest BCUT2D eigenvalue weighted by atomic mass is 9.94. The van der Waals surface area contributed by atoms with E-state index in [-0.39, 0.29) is 0 Å². The number of nitrogens with zero attached hydrogens (tertiary/aromatic N) is 1. The fourth-order valence-electron chi connectivity index (χ4n) is 2.91. The summed E-state index contributed by atoms with van der Waals surface area (Å²) in [5.41, 5.74) is 5.86. The summed E-state index contributed by atoms with van der Waals surface area (Å²) in [5.74, 6) is -0.931. The highest BCUT2D eigenvalue weighted by atomic mass is 32.1. The van der Waals surface area contributed by atoms with Crippen LogP contribution >= 0.6 is 22.7 Å². The summed E-state index contributed by atoms with van der Waals surface area (Å²) >= 11 is 3.16. The molecule has 0 bridgehead atoms. The Bertz CT molecular complexity index is 1080. The highest BCUT2D eigenvalue weighted by Crippen LogP contribution is 2.34. The Balaban J connectivity index is 1.79. The van der Waals surface area contributed by atoms with Gasteiger partial charge in [0.05, 0.1) is 11.3 Å². The first kappa shape index (κ1) is 16.7. The molecular weight excluding hydrogens is 362 g/mol. The number of rotatable bonds is 4. The molecular formula is C21H15NO2S2. The summed E-state index contributed by atoms with van der Waals surface area (Å²) < 4.78 is 0. The minimum atomic E-state index is -0.931. The summed E-state index contributed by atoms with van der Waals surface area (Å²) in [5, 5.41) is 16.6. The van der Waals surface area contributed by atoms with E-state index in [0.29, 0.717) is 5.56 Å². The number of benzene rings is 2. The van der Waals surface area contributed by atoms with Crippen LogP contribution in [0.15, 0.2) is 64.7 Å². The number of aromatic nitrogens is 1. The van der Waals surface area contributed by atoms with Crippen molar-refractivity contribution in [3.63, 3.8) is 0 Å². The molecule has 3 nitrogen and oxygen atoms in total. The molecule has 0 aliphatic rings. The minimum absolute atomic E-state index is 0.295. The van der Waals surface area contributed by atoms with Gasteiger partial charge in [0.25, 0.3) is 0 Å². The van der Waals surface area contributed by atoms with Crippen LogP contribution in [-0.2, 0) is 0 Å². The molecule has 26 heavy (non-hydrogen) atoms. The molecule has 4 rings (SSSR count). The summed E-state index contributed by atoms with van der Waals surface area (Å²) in [4.78, 5) is 16.5. The van der Waals surface area contributed by atoms with Gasteiger partial charge in [0, 0.05) is 21.9 Å². The van der Waals surface area contributed by atoms with Gasteiger partial charge in [0.2, 0.25) is 0 Å². The number of aromatic carboxylic acids is 1. The highest BCUT2D eigenvalue weighted by Gasteiger charge is 2.16. The molecule has 0 unspecified atom stereocenters. The Morgan fingerprint density at radius 1 is 1.00 bits per heavy atom. The molecule has 2 heterocycles. The van der Waals surface area contributed by atoms with Crippen LogP contribution in [0.4, 0.5) is 0 Å². The van der Waals surface area contributed by atoms with Crippen molar-refractivity contribution in [3.05, 3.63) is 75.8 Å². The molecule has 0 radical (unpaired) electrons. The fraction of sp³-hybridized carbons (Fsp3) is 0.0476. The monoisotopic (exact) mass is 377 g/mol. The molecule has 5 heteroatoms. The van der Waals surface area contributed by atoms with E-state index in [2.05, 4.69) is 10.4 Å². The molecule has 0 amide bonds. The number of carboxylic acid groups (broad SMARTS) is 1. The van der Waals surface area contributed by atoms with Crippen molar-refractivity contribution in [1.29, 1.82) is 0 Å². The van der Waals surface area contributed by atoms with E-state index in [1.165, 1.54) is 11.3 Å². The molecule has 0 aliphatic heterocycles. The zero-order chi connectivity index (χ0) is 18.1. The van der Waals surface area contributed by atoms with E-state index in [1.807, 2.05) is 60.1 Å². The number of carboxylic acids is 1. The Morgan fingerprint density at radius 3 is 2.58 bits per heavy atom. The van der Waals surface area contributed by atoms with Gasteiger partial charge in [-0.2, -0.15) is 11.3 Å². The lowest BCUT2D eigenvalue weighted by Gasteiger charge is -2.10. The summed E-state index contributed by atoms with van der Waals surface area (Å²) in [6, 6.07) is 15.4. The average molecular weight is 377 g/mol. The van der Waals surface area contributed by atoms with Crippen molar-refractivity contribution in [2.24, 2.45) is 0 Å². The number of carbonyl (C=O) groups is 1. The average Bonchev–Trinajstić information content (AvgIpc) is 3.33. The maximum Gasteiger partial charge on any atom is 0.336 e. The normalized spacial score (nSPS) is 10.8. The largest absolute Gasteiger partial charge is 0.478 e. The van der Waals surface area contributed by atoms with Gasteiger partial charge in [-0.3, -0.25) is 0 Å². The van der Waals surface area contributed by atoms with E-state index >= 15 is 0 Å². The van der Waals surface area contributed by atoms with Crippen LogP contribution < -0.4 is 0 Å². The van der Waals surface area contributed by atoms with Crippen molar-refractivity contribution in [2.45, 2.75) is 6.92 Å². The lowest BCUT2D eigenvalue weighted by Crippen LogP contribution is -2.01. The summed E-state index contributed by atoms with van der Waals surface area (Å²) in [6.45, 7) is 1.99. The molecule has 2 aromatic carbocycles. The molecule has 1 N–H and O–H groups in total. The zero-order valence-electron chi connectivity index (χ0n) is 14.0. The third-order valence-electron chi connectivity index (χ3n) is 4.25. The van der Waals surface area contributed by atoms with Gasteiger partial charge in [-0.15, -0.1) is 11.3 Å². The summed E-state index contributed by atoms with van der Waals surface area (Å²) in [7, 11) is 0. The predicted molar refractivity (Wildman–Crippen MR) is 108 cm³/mol. The van der Waals surface area contributed by atoms with Crippen molar-refractivity contribution in [1.82, 2.24) is 4.98 Å². The number of thiophene rings is 1. The quantitative estimate of drug-likeness (QED) is 0.460. The van der Waals surface area contributed by atoms with Crippen LogP contribution in [0.1, 0.15) is 15.9 Å². The molecule has 0 fully saturated rings. The van der Waals surface area contributed by atoms with E-state index in [0.717, 1.165) is 38.5 Å². The van der Waals surface area contributed by atoms with E-state index in [9.17, 15) is 9.90 Å². The van der Waals surface area contributed by atoms with Crippen molar-refractivity contribution in [3.8, 4) is 33.0 Å². The topological polar surface area (TPSA) is 50.2 Å². The van der Waals surface area contributed by atoms with Gasteiger partial charge >= 0.3 is 5.97 Å². The lowest BCUT2D eigenvalue weighted by molar-refractivity contribution is 0.0698. The van der Waals surface area contributed by atoms with E-state index in [1.54, 1.807) is 17.4 Å². The van der Waals surface area contributed by atoms with Gasteiger partial charge < -0.3 is 5.11 Å². The van der Waals surface area contributed by atoms with Gasteiger partial charge in [-0.05, 0) is 41.1 Å². The molecule has 0 atom stereocenters. The second kappa shape index (κ2) is 6.86. The second-order valence-corrected chi connectivity index (χ2v) is 7.57. The molecule has 128 valence electrons. The second-order valence-electron chi connectivity index (χ2n) is 5.93. The summed E-state index contributed by atoms with van der Waals surface area (Å²) in [6.07, 6.45) is 0. The van der Waals surface area contributed by atoms with Crippen LogP contribution in [0.25, 0.3) is 33.0 Å². The first-order valence-electron chi connectivity index (χ1n) is 8.05. The molecule has 0 saturated carbocycles. The van der Waals surface area contributed by atoms with Gasteiger partial charge in [-0.25, -0.2) is 9.78 Å². The molecule has 0 saturated heterocycles. The Labute approximate surface area is 159 Å². The van der Waals surface area contributed by atoms with Crippen LogP contribution in [0, 0.1) is 6.92 Å². The van der Waals surface area contributed by atoms with Crippen LogP contribution in [-0.4, -0.2) is 16.1 Å². The maximum atomic E-state index is 11.9. The minimum Gasteiger partial charge on any atom is -0.478 e. The third kappa shape index (κ3) is 3.07. The number of hydrogen-bond donors (Lipinski definition) is 1. The van der Waals surface area contributed by atoms with Gasteiger partial charge in [-0.1, -0.05) is 36.4 Å². The number of hydrogen-bond acceptors (Lipinski definition) is 4. The molecule has 2 aromatic heterocycles. The Hall–Kier alpha value is -2.76. The van der Waals surface area contributed by atoms with Gasteiger partial charge in [0.1, 0.15) is 5.01 Å². The van der Waals surface area contributed by atoms with Crippen molar-refractivity contribution >= 4 is 28.6 Å². The fourth-order valence-corrected chi connectivity index (χ4v) is 4.39. The molecule has 0 spiro atoms. The van der Waals surface area contributed by atoms with Crippen LogP contribution in [0.2, 0.25) is 0 Å². The Kier molecular flexibility index (Phi) is 4.41. The van der Waals surface area contributed by atoms with Gasteiger partial charge in [0.15, 0.2) is 0 Å². The first-order valence-corrected chi connectivity index (χ1v) is 9.87. The van der Waals surface area contributed by atoms with Crippen LogP contribution in [0.5, 0.6) is 0 Å². The first-order chi connectivity index (χ1) is 12.6. The predicted octanol–water partition coefficient (Wildman–Crippen LogP) is 6.21. The SMILES string of the molecule is Cc1ccccc1-c1ccc(-c2nc(-c3ccsc3)cs2)cc1C(=O)O. The zero-order valence-corrected chi connectivity index (χ0v) is 15.6. The third-order valence-corrected chi connectivity index (χ3v) is 5.83. The van der Waals surface area contributed by atoms with E-state index < -0.39 is 5.97 Å². The standard InChI is InChI=1S/C21H15NO2S2/c1-13-4-2-3-5-16(13)17-7-6-14(10-18(17)21(23)24)20-22-19(12-26-20)15-8-9-25-11-15/h2-12H,1H3,(H,23,24). The maximum absolute atomic E-state index is 11.9. The highest BCUT2D eigenvalue weighted by molar-refractivity contribution is 7.13.